The van der Waals surface area contributed by atoms with E-state index in [-0.39, 0.29) is 42.5 Å². The Hall–Kier alpha value is -2.20. The third kappa shape index (κ3) is 3.35. The topological polar surface area (TPSA) is 96.6 Å². The normalized spacial score (nSPS) is 15.9. The molecule has 1 saturated heterocycles. The van der Waals surface area contributed by atoms with Gasteiger partial charge in [0.25, 0.3) is 5.91 Å². The fourth-order valence-electron chi connectivity index (χ4n) is 3.07. The Morgan fingerprint density at radius 2 is 1.75 bits per heavy atom. The molecule has 146 valence electrons. The molecule has 0 unspecified atom stereocenters. The zero-order valence-corrected chi connectivity index (χ0v) is 16.7. The molecule has 11 heteroatoms. The first kappa shape index (κ1) is 19.1. The summed E-state index contributed by atoms with van der Waals surface area (Å²) in [6, 6.07) is 9.34. The summed E-state index contributed by atoms with van der Waals surface area (Å²) in [5.41, 5.74) is 0.968. The molecule has 1 aromatic heterocycles. The van der Waals surface area contributed by atoms with Crippen molar-refractivity contribution >= 4 is 50.2 Å². The summed E-state index contributed by atoms with van der Waals surface area (Å²) in [6.45, 7) is 0.838. The second-order valence-corrected chi connectivity index (χ2v) is 8.93. The predicted molar refractivity (Wildman–Crippen MR) is 103 cm³/mol. The van der Waals surface area contributed by atoms with Crippen LogP contribution in [0.15, 0.2) is 45.9 Å². The van der Waals surface area contributed by atoms with Gasteiger partial charge in [0.15, 0.2) is 5.52 Å². The third-order valence-electron chi connectivity index (χ3n) is 4.56. The van der Waals surface area contributed by atoms with Gasteiger partial charge in [-0.3, -0.25) is 4.79 Å². The van der Waals surface area contributed by atoms with Crippen LogP contribution in [0.1, 0.15) is 10.4 Å². The summed E-state index contributed by atoms with van der Waals surface area (Å²) >= 11 is 11.9. The monoisotopic (exact) mass is 440 g/mol. The molecule has 0 atom stereocenters. The summed E-state index contributed by atoms with van der Waals surface area (Å²) < 4.78 is 32.0. The lowest BCUT2D eigenvalue weighted by Gasteiger charge is -2.34. The number of halogens is 2. The van der Waals surface area contributed by atoms with Crippen molar-refractivity contribution in [1.82, 2.24) is 19.5 Å². The van der Waals surface area contributed by atoms with Gasteiger partial charge in [-0.1, -0.05) is 29.3 Å². The molecule has 4 rings (SSSR count). The number of nitrogens with zero attached hydrogens (tertiary/aromatic N) is 4. The minimum atomic E-state index is -3.79. The molecule has 3 aromatic rings. The molecule has 28 heavy (non-hydrogen) atoms. The van der Waals surface area contributed by atoms with Crippen LogP contribution in [-0.4, -0.2) is 60.0 Å². The Balaban J connectivity index is 1.51. The first-order chi connectivity index (χ1) is 13.4. The van der Waals surface area contributed by atoms with Crippen molar-refractivity contribution in [2.24, 2.45) is 0 Å². The van der Waals surface area contributed by atoms with E-state index in [9.17, 15) is 13.2 Å². The summed E-state index contributed by atoms with van der Waals surface area (Å²) in [4.78, 5) is 14.3. The number of carbonyl (C=O) groups excluding carboxylic acids is 1. The molecule has 0 aliphatic carbocycles. The standard InChI is InChI=1S/C17H14Cl2N4O4S/c18-12-5-4-11(10-13(12)19)17(24)22-6-8-23(9-7-22)28(25,26)15-3-1-2-14-16(15)21-27-20-14/h1-5,10H,6-9H2. The van der Waals surface area contributed by atoms with Crippen molar-refractivity contribution < 1.29 is 17.8 Å². The van der Waals surface area contributed by atoms with Crippen molar-refractivity contribution in [3.05, 3.63) is 52.0 Å². The van der Waals surface area contributed by atoms with Crippen LogP contribution >= 0.6 is 23.2 Å². The molecule has 0 spiro atoms. The van der Waals surface area contributed by atoms with Gasteiger partial charge in [0.05, 0.1) is 10.0 Å². The second kappa shape index (κ2) is 7.32. The summed E-state index contributed by atoms with van der Waals surface area (Å²) in [6.07, 6.45) is 0. The van der Waals surface area contributed by atoms with Crippen molar-refractivity contribution in [3.63, 3.8) is 0 Å². The highest BCUT2D eigenvalue weighted by Gasteiger charge is 2.32. The van der Waals surface area contributed by atoms with Crippen molar-refractivity contribution in [2.75, 3.05) is 26.2 Å². The Morgan fingerprint density at radius 3 is 2.46 bits per heavy atom. The van der Waals surface area contributed by atoms with Crippen LogP contribution < -0.4 is 0 Å². The van der Waals surface area contributed by atoms with E-state index in [1.807, 2.05) is 0 Å². The van der Waals surface area contributed by atoms with E-state index >= 15 is 0 Å². The van der Waals surface area contributed by atoms with Crippen LogP contribution in [0.5, 0.6) is 0 Å². The van der Waals surface area contributed by atoms with Gasteiger partial charge < -0.3 is 4.90 Å². The number of amides is 1. The van der Waals surface area contributed by atoms with E-state index in [4.69, 9.17) is 23.2 Å². The molecule has 0 radical (unpaired) electrons. The van der Waals surface area contributed by atoms with E-state index < -0.39 is 10.0 Å². The van der Waals surface area contributed by atoms with Crippen LogP contribution in [0.4, 0.5) is 0 Å². The maximum atomic E-state index is 13.0. The fourth-order valence-corrected chi connectivity index (χ4v) is 4.93. The van der Waals surface area contributed by atoms with Gasteiger partial charge in [0.1, 0.15) is 10.4 Å². The highest BCUT2D eigenvalue weighted by atomic mass is 35.5. The summed E-state index contributed by atoms with van der Waals surface area (Å²) in [7, 11) is -3.79. The maximum Gasteiger partial charge on any atom is 0.253 e. The number of hydrogen-bond acceptors (Lipinski definition) is 6. The zero-order chi connectivity index (χ0) is 19.9. The van der Waals surface area contributed by atoms with Gasteiger partial charge >= 0.3 is 0 Å². The number of sulfonamides is 1. The Morgan fingerprint density at radius 1 is 1.00 bits per heavy atom. The van der Waals surface area contributed by atoms with Gasteiger partial charge in [0.2, 0.25) is 10.0 Å². The average molecular weight is 441 g/mol. The molecule has 1 fully saturated rings. The van der Waals surface area contributed by atoms with Gasteiger partial charge in [-0.25, -0.2) is 13.0 Å². The molecule has 2 heterocycles. The van der Waals surface area contributed by atoms with E-state index in [1.165, 1.54) is 16.4 Å². The van der Waals surface area contributed by atoms with Crippen LogP contribution in [0.25, 0.3) is 11.0 Å². The Labute approximate surface area is 170 Å². The molecular weight excluding hydrogens is 427 g/mol. The largest absolute Gasteiger partial charge is 0.336 e. The minimum absolute atomic E-state index is 0.0375. The van der Waals surface area contributed by atoms with Crippen molar-refractivity contribution in [1.29, 1.82) is 0 Å². The van der Waals surface area contributed by atoms with Gasteiger partial charge in [-0.15, -0.1) is 0 Å². The molecule has 0 bridgehead atoms. The average Bonchev–Trinajstić information content (AvgIpc) is 3.18. The van der Waals surface area contributed by atoms with Crippen LogP contribution in [0.3, 0.4) is 0 Å². The number of fused-ring (bicyclic) bond motifs is 1. The summed E-state index contributed by atoms with van der Waals surface area (Å²) in [5, 5.41) is 8.04. The van der Waals surface area contributed by atoms with Crippen molar-refractivity contribution in [2.45, 2.75) is 4.90 Å². The lowest BCUT2D eigenvalue weighted by molar-refractivity contribution is 0.0698. The second-order valence-electron chi connectivity index (χ2n) is 6.21. The molecule has 1 amide bonds. The Kier molecular flexibility index (Phi) is 5.00. The number of aromatic nitrogens is 2. The number of benzene rings is 2. The molecule has 1 aliphatic rings. The Bertz CT molecular complexity index is 1160. The predicted octanol–water partition coefficient (Wildman–Crippen LogP) is 2.68. The minimum Gasteiger partial charge on any atom is -0.336 e. The number of piperazine rings is 1. The highest BCUT2D eigenvalue weighted by Crippen LogP contribution is 2.26. The van der Waals surface area contributed by atoms with E-state index in [1.54, 1.807) is 29.2 Å². The van der Waals surface area contributed by atoms with E-state index in [0.717, 1.165) is 0 Å². The van der Waals surface area contributed by atoms with Crippen LogP contribution in [0.2, 0.25) is 10.0 Å². The maximum absolute atomic E-state index is 13.0. The van der Waals surface area contributed by atoms with E-state index in [0.29, 0.717) is 21.1 Å². The zero-order valence-electron chi connectivity index (χ0n) is 14.4. The van der Waals surface area contributed by atoms with E-state index in [2.05, 4.69) is 14.9 Å². The quantitative estimate of drug-likeness (QED) is 0.620. The first-order valence-electron chi connectivity index (χ1n) is 8.34. The molecule has 2 aromatic carbocycles. The molecule has 0 saturated carbocycles. The van der Waals surface area contributed by atoms with Crippen LogP contribution in [0, 0.1) is 0 Å². The third-order valence-corrected chi connectivity index (χ3v) is 7.23. The molecule has 8 nitrogen and oxygen atoms in total. The van der Waals surface area contributed by atoms with Gasteiger partial charge in [-0.05, 0) is 40.6 Å². The lowest BCUT2D eigenvalue weighted by atomic mass is 10.2. The lowest BCUT2D eigenvalue weighted by Crippen LogP contribution is -2.50. The summed E-state index contributed by atoms with van der Waals surface area (Å²) in [5.74, 6) is -0.224. The number of carbonyl (C=O) groups is 1. The van der Waals surface area contributed by atoms with Crippen LogP contribution in [-0.2, 0) is 10.0 Å². The number of hydrogen-bond donors (Lipinski definition) is 0. The van der Waals surface area contributed by atoms with Crippen molar-refractivity contribution in [3.8, 4) is 0 Å². The number of rotatable bonds is 3. The first-order valence-corrected chi connectivity index (χ1v) is 10.5. The van der Waals surface area contributed by atoms with Gasteiger partial charge in [-0.2, -0.15) is 4.31 Å². The SMILES string of the molecule is O=C(c1ccc(Cl)c(Cl)c1)N1CCN(S(=O)(=O)c2cccc3nonc23)CC1. The smallest absolute Gasteiger partial charge is 0.253 e. The molecular formula is C17H14Cl2N4O4S. The highest BCUT2D eigenvalue weighted by molar-refractivity contribution is 7.89. The molecule has 0 N–H and O–H groups in total. The molecule has 1 aliphatic heterocycles. The fraction of sp³-hybridized carbons (Fsp3) is 0.235. The van der Waals surface area contributed by atoms with Gasteiger partial charge in [0, 0.05) is 31.7 Å².